The number of hydrogen-bond acceptors (Lipinski definition) is 2. The van der Waals surface area contributed by atoms with Gasteiger partial charge >= 0.3 is 0 Å². The van der Waals surface area contributed by atoms with Gasteiger partial charge in [0.2, 0.25) is 0 Å². The van der Waals surface area contributed by atoms with Crippen molar-refractivity contribution >= 4 is 0 Å². The first-order chi connectivity index (χ1) is 8.19. The number of rotatable bonds is 5. The molecule has 0 bridgehead atoms. The molecule has 1 heterocycles. The molecule has 2 aliphatic rings. The lowest BCUT2D eigenvalue weighted by atomic mass is 9.82. The number of nitrogens with zero attached hydrogens (tertiary/aromatic N) is 1. The molecular formula is C15H30N2. The van der Waals surface area contributed by atoms with Crippen LogP contribution in [0.2, 0.25) is 0 Å². The molecule has 2 rings (SSSR count). The van der Waals surface area contributed by atoms with E-state index in [-0.39, 0.29) is 0 Å². The Morgan fingerprint density at radius 2 is 2.00 bits per heavy atom. The van der Waals surface area contributed by atoms with Gasteiger partial charge < -0.3 is 10.2 Å². The van der Waals surface area contributed by atoms with Crippen LogP contribution >= 0.6 is 0 Å². The second-order valence-corrected chi connectivity index (χ2v) is 6.51. The molecule has 0 aromatic carbocycles. The van der Waals surface area contributed by atoms with Gasteiger partial charge in [0.25, 0.3) is 0 Å². The van der Waals surface area contributed by atoms with Gasteiger partial charge in [-0.25, -0.2) is 0 Å². The Bertz CT molecular complexity index is 223. The second-order valence-electron chi connectivity index (χ2n) is 6.51. The average Bonchev–Trinajstić information content (AvgIpc) is 2.24. The molecule has 0 aromatic rings. The van der Waals surface area contributed by atoms with Crippen molar-refractivity contribution in [3.63, 3.8) is 0 Å². The van der Waals surface area contributed by atoms with Crippen molar-refractivity contribution in [3.05, 3.63) is 0 Å². The smallest absolute Gasteiger partial charge is 0.0198 e. The highest BCUT2D eigenvalue weighted by Gasteiger charge is 2.30. The SMILES string of the molecule is CCNC1CC(C(C)C)CN(CC2CCC2)C1. The van der Waals surface area contributed by atoms with E-state index in [2.05, 4.69) is 31.0 Å². The lowest BCUT2D eigenvalue weighted by Gasteiger charge is -2.42. The molecule has 17 heavy (non-hydrogen) atoms. The molecule has 2 fully saturated rings. The van der Waals surface area contributed by atoms with E-state index in [0.717, 1.165) is 30.3 Å². The molecule has 1 aliphatic carbocycles. The van der Waals surface area contributed by atoms with Crippen molar-refractivity contribution in [2.24, 2.45) is 17.8 Å². The van der Waals surface area contributed by atoms with Crippen LogP contribution in [0, 0.1) is 17.8 Å². The van der Waals surface area contributed by atoms with Gasteiger partial charge in [-0.3, -0.25) is 0 Å². The Labute approximate surface area is 107 Å². The quantitative estimate of drug-likeness (QED) is 0.792. The molecule has 0 radical (unpaired) electrons. The maximum Gasteiger partial charge on any atom is 0.0198 e. The zero-order valence-corrected chi connectivity index (χ0v) is 11.9. The maximum absolute atomic E-state index is 3.67. The third kappa shape index (κ3) is 3.69. The van der Waals surface area contributed by atoms with Crippen LogP contribution < -0.4 is 5.32 Å². The number of nitrogens with one attached hydrogen (secondary N) is 1. The van der Waals surface area contributed by atoms with Gasteiger partial charge in [-0.05, 0) is 43.6 Å². The average molecular weight is 238 g/mol. The maximum atomic E-state index is 3.67. The Hall–Kier alpha value is -0.0800. The van der Waals surface area contributed by atoms with Crippen LogP contribution in [0.15, 0.2) is 0 Å². The first-order valence-corrected chi connectivity index (χ1v) is 7.64. The first kappa shape index (κ1) is 13.4. The number of likely N-dealkylation sites (tertiary alicyclic amines) is 1. The number of piperidine rings is 1. The predicted octanol–water partition coefficient (Wildman–Crippen LogP) is 2.74. The van der Waals surface area contributed by atoms with Crippen LogP contribution in [-0.4, -0.2) is 37.1 Å². The minimum Gasteiger partial charge on any atom is -0.313 e. The van der Waals surface area contributed by atoms with Crippen LogP contribution in [0.3, 0.4) is 0 Å². The monoisotopic (exact) mass is 238 g/mol. The first-order valence-electron chi connectivity index (χ1n) is 7.64. The van der Waals surface area contributed by atoms with Gasteiger partial charge in [-0.2, -0.15) is 0 Å². The van der Waals surface area contributed by atoms with Crippen LogP contribution in [0.4, 0.5) is 0 Å². The van der Waals surface area contributed by atoms with E-state index >= 15 is 0 Å². The van der Waals surface area contributed by atoms with Crippen LogP contribution in [0.5, 0.6) is 0 Å². The van der Waals surface area contributed by atoms with Crippen molar-refractivity contribution in [3.8, 4) is 0 Å². The van der Waals surface area contributed by atoms with Gasteiger partial charge in [-0.15, -0.1) is 0 Å². The molecule has 100 valence electrons. The van der Waals surface area contributed by atoms with Crippen molar-refractivity contribution < 1.29 is 0 Å². The van der Waals surface area contributed by atoms with Gasteiger partial charge in [-0.1, -0.05) is 27.2 Å². The van der Waals surface area contributed by atoms with E-state index in [9.17, 15) is 0 Å². The molecule has 2 nitrogen and oxygen atoms in total. The molecule has 1 aliphatic heterocycles. The molecule has 2 atom stereocenters. The zero-order chi connectivity index (χ0) is 12.3. The fourth-order valence-electron chi connectivity index (χ4n) is 3.34. The molecule has 1 N–H and O–H groups in total. The highest BCUT2D eigenvalue weighted by atomic mass is 15.2. The van der Waals surface area contributed by atoms with Gasteiger partial charge in [0.1, 0.15) is 0 Å². The van der Waals surface area contributed by atoms with Gasteiger partial charge in [0, 0.05) is 25.7 Å². The molecule has 1 saturated heterocycles. The highest BCUT2D eigenvalue weighted by molar-refractivity contribution is 4.86. The summed E-state index contributed by atoms with van der Waals surface area (Å²) < 4.78 is 0. The zero-order valence-electron chi connectivity index (χ0n) is 11.9. The molecule has 0 spiro atoms. The van der Waals surface area contributed by atoms with Crippen molar-refractivity contribution in [1.82, 2.24) is 10.2 Å². The topological polar surface area (TPSA) is 15.3 Å². The van der Waals surface area contributed by atoms with E-state index in [1.165, 1.54) is 45.3 Å². The summed E-state index contributed by atoms with van der Waals surface area (Å²) in [6.45, 7) is 12.1. The van der Waals surface area contributed by atoms with Crippen molar-refractivity contribution in [2.45, 2.75) is 52.5 Å². The van der Waals surface area contributed by atoms with E-state index < -0.39 is 0 Å². The Morgan fingerprint density at radius 1 is 1.24 bits per heavy atom. The summed E-state index contributed by atoms with van der Waals surface area (Å²) in [6.07, 6.45) is 5.82. The third-order valence-corrected chi connectivity index (χ3v) is 4.74. The molecule has 2 unspecified atom stereocenters. The van der Waals surface area contributed by atoms with E-state index in [1.54, 1.807) is 0 Å². The fraction of sp³-hybridized carbons (Fsp3) is 1.00. The molecule has 0 aromatic heterocycles. The largest absolute Gasteiger partial charge is 0.313 e. The predicted molar refractivity (Wildman–Crippen MR) is 74.2 cm³/mol. The minimum absolute atomic E-state index is 0.737. The van der Waals surface area contributed by atoms with Crippen molar-refractivity contribution in [2.75, 3.05) is 26.2 Å². The summed E-state index contributed by atoms with van der Waals surface area (Å²) in [4.78, 5) is 2.74. The summed E-state index contributed by atoms with van der Waals surface area (Å²) >= 11 is 0. The second kappa shape index (κ2) is 6.19. The van der Waals surface area contributed by atoms with Crippen LogP contribution in [-0.2, 0) is 0 Å². The lowest BCUT2D eigenvalue weighted by Crippen LogP contribution is -2.51. The summed E-state index contributed by atoms with van der Waals surface area (Å²) in [5.41, 5.74) is 0. The molecular weight excluding hydrogens is 208 g/mol. The van der Waals surface area contributed by atoms with Crippen LogP contribution in [0.1, 0.15) is 46.5 Å². The number of likely N-dealkylation sites (N-methyl/N-ethyl adjacent to an activating group) is 1. The van der Waals surface area contributed by atoms with E-state index in [4.69, 9.17) is 0 Å². The Morgan fingerprint density at radius 3 is 2.53 bits per heavy atom. The van der Waals surface area contributed by atoms with E-state index in [1.807, 2.05) is 0 Å². The lowest BCUT2D eigenvalue weighted by molar-refractivity contribution is 0.0852. The highest BCUT2D eigenvalue weighted by Crippen LogP contribution is 2.30. The summed E-state index contributed by atoms with van der Waals surface area (Å²) in [6, 6.07) is 0.737. The molecule has 2 heteroatoms. The van der Waals surface area contributed by atoms with Crippen LogP contribution in [0.25, 0.3) is 0 Å². The summed E-state index contributed by atoms with van der Waals surface area (Å²) in [7, 11) is 0. The van der Waals surface area contributed by atoms with Gasteiger partial charge in [0.15, 0.2) is 0 Å². The Kier molecular flexibility index (Phi) is 4.87. The molecule has 0 amide bonds. The molecule has 1 saturated carbocycles. The number of hydrogen-bond donors (Lipinski definition) is 1. The fourth-order valence-corrected chi connectivity index (χ4v) is 3.34. The third-order valence-electron chi connectivity index (χ3n) is 4.74. The standard InChI is InChI=1S/C15H30N2/c1-4-16-15-8-14(12(2)3)10-17(11-15)9-13-6-5-7-13/h12-16H,4-11H2,1-3H3. The summed E-state index contributed by atoms with van der Waals surface area (Å²) in [5.74, 6) is 2.75. The summed E-state index contributed by atoms with van der Waals surface area (Å²) in [5, 5.41) is 3.67. The normalized spacial score (nSPS) is 31.8. The van der Waals surface area contributed by atoms with Crippen molar-refractivity contribution in [1.29, 1.82) is 0 Å². The Balaban J connectivity index is 1.85. The van der Waals surface area contributed by atoms with E-state index in [0.29, 0.717) is 0 Å². The minimum atomic E-state index is 0.737. The van der Waals surface area contributed by atoms with Gasteiger partial charge in [0.05, 0.1) is 0 Å².